The van der Waals surface area contributed by atoms with Crippen LogP contribution in [0.3, 0.4) is 0 Å². The normalized spacial score (nSPS) is 11.3. The summed E-state index contributed by atoms with van der Waals surface area (Å²) < 4.78 is 0.987. The van der Waals surface area contributed by atoms with Crippen LogP contribution >= 0.6 is 11.3 Å². The number of thiophene rings is 1. The van der Waals surface area contributed by atoms with E-state index in [1.54, 1.807) is 0 Å². The van der Waals surface area contributed by atoms with Crippen molar-refractivity contribution in [3.05, 3.63) is 34.7 Å². The van der Waals surface area contributed by atoms with Crippen LogP contribution in [0.5, 0.6) is 0 Å². The van der Waals surface area contributed by atoms with Gasteiger partial charge < -0.3 is 9.94 Å². The molecule has 102 valence electrons. The van der Waals surface area contributed by atoms with Gasteiger partial charge >= 0.3 is 5.97 Å². The van der Waals surface area contributed by atoms with Crippen molar-refractivity contribution in [2.45, 2.75) is 20.4 Å². The third-order valence-corrected chi connectivity index (χ3v) is 3.86. The third-order valence-electron chi connectivity index (χ3n) is 2.66. The summed E-state index contributed by atoms with van der Waals surface area (Å²) in [5.41, 5.74) is 3.64. The predicted octanol–water partition coefficient (Wildman–Crippen LogP) is 3.28. The summed E-state index contributed by atoms with van der Waals surface area (Å²) in [5.74, 6) is -0.451. The van der Waals surface area contributed by atoms with E-state index >= 15 is 0 Å². The molecule has 2 aromatic rings. The smallest absolute Gasteiger partial charge is 0.346 e. The van der Waals surface area contributed by atoms with E-state index in [1.807, 2.05) is 24.3 Å². The molecule has 0 unspecified atom stereocenters. The quantitative estimate of drug-likeness (QED) is 0.629. The van der Waals surface area contributed by atoms with Crippen LogP contribution in [0.1, 0.15) is 29.1 Å². The van der Waals surface area contributed by atoms with Crippen LogP contribution in [-0.4, -0.2) is 17.7 Å². The van der Waals surface area contributed by atoms with Gasteiger partial charge in [0.1, 0.15) is 4.88 Å². The number of carboxylic acid groups (broad SMARTS) is 1. The van der Waals surface area contributed by atoms with Crippen LogP contribution in [0, 0.1) is 5.92 Å². The van der Waals surface area contributed by atoms with E-state index < -0.39 is 5.97 Å². The molecule has 0 radical (unpaired) electrons. The minimum absolute atomic E-state index is 0.377. The van der Waals surface area contributed by atoms with Gasteiger partial charge in [0, 0.05) is 16.8 Å². The van der Waals surface area contributed by atoms with Crippen LogP contribution < -0.4 is 5.48 Å². The fraction of sp³-hybridized carbons (Fsp3) is 0.357. The molecule has 0 aliphatic heterocycles. The summed E-state index contributed by atoms with van der Waals surface area (Å²) >= 11 is 1.30. The number of carbonyl (C=O) groups is 1. The second-order valence-corrected chi connectivity index (χ2v) is 5.79. The number of nitrogens with one attached hydrogen (secondary N) is 1. The molecule has 0 aliphatic carbocycles. The van der Waals surface area contributed by atoms with Crippen molar-refractivity contribution in [3.8, 4) is 0 Å². The van der Waals surface area contributed by atoms with Crippen LogP contribution in [0.2, 0.25) is 0 Å². The summed E-state index contributed by atoms with van der Waals surface area (Å²) in [6.07, 6.45) is 0. The molecule has 2 rings (SSSR count). The highest BCUT2D eigenvalue weighted by Crippen LogP contribution is 2.31. The van der Waals surface area contributed by atoms with Crippen molar-refractivity contribution >= 4 is 27.4 Å². The number of rotatable bonds is 6. The maximum Gasteiger partial charge on any atom is 0.346 e. The van der Waals surface area contributed by atoms with E-state index in [2.05, 4.69) is 19.3 Å². The van der Waals surface area contributed by atoms with Gasteiger partial charge in [0.25, 0.3) is 0 Å². The Balaban J connectivity index is 2.19. The first-order valence-electron chi connectivity index (χ1n) is 6.18. The Morgan fingerprint density at radius 3 is 2.84 bits per heavy atom. The average molecular weight is 279 g/mol. The summed E-state index contributed by atoms with van der Waals surface area (Å²) in [6, 6.07) is 7.71. The Bertz CT molecular complexity index is 577. The maximum atomic E-state index is 11.3. The molecule has 4 nitrogen and oxygen atoms in total. The molecule has 0 fully saturated rings. The summed E-state index contributed by atoms with van der Waals surface area (Å²) in [6.45, 7) is 5.12. The number of hydrogen-bond acceptors (Lipinski definition) is 4. The molecule has 0 amide bonds. The van der Waals surface area contributed by atoms with E-state index in [9.17, 15) is 9.90 Å². The Morgan fingerprint density at radius 2 is 2.16 bits per heavy atom. The van der Waals surface area contributed by atoms with Gasteiger partial charge in [-0.1, -0.05) is 32.0 Å². The minimum Gasteiger partial charge on any atom is -0.477 e. The second-order valence-electron chi connectivity index (χ2n) is 4.74. The van der Waals surface area contributed by atoms with Crippen molar-refractivity contribution in [2.75, 3.05) is 6.61 Å². The number of carboxylic acids is 1. The molecule has 19 heavy (non-hydrogen) atoms. The van der Waals surface area contributed by atoms with E-state index in [0.29, 0.717) is 23.9 Å². The SMILES string of the molecule is CC(C)CONCc1c(C(=O)O)sc2ccccc12. The van der Waals surface area contributed by atoms with Gasteiger partial charge in [-0.3, -0.25) is 0 Å². The Kier molecular flexibility index (Phi) is 4.52. The number of hydroxylamine groups is 1. The van der Waals surface area contributed by atoms with Crippen LogP contribution in [0.4, 0.5) is 0 Å². The molecule has 0 aliphatic rings. The maximum absolute atomic E-state index is 11.3. The lowest BCUT2D eigenvalue weighted by Gasteiger charge is -2.08. The van der Waals surface area contributed by atoms with Crippen LogP contribution in [0.25, 0.3) is 10.1 Å². The zero-order valence-electron chi connectivity index (χ0n) is 11.0. The van der Waals surface area contributed by atoms with Gasteiger partial charge in [-0.05, 0) is 17.4 Å². The standard InChI is InChI=1S/C14H17NO3S/c1-9(2)8-18-15-7-11-10-5-3-4-6-12(10)19-13(11)14(16)17/h3-6,9,15H,7-8H2,1-2H3,(H,16,17). The molecule has 2 N–H and O–H groups in total. The van der Waals surface area contributed by atoms with Gasteiger partial charge in [0.2, 0.25) is 0 Å². The fourth-order valence-corrected chi connectivity index (χ4v) is 2.86. The van der Waals surface area contributed by atoms with Gasteiger partial charge in [-0.25, -0.2) is 4.79 Å². The molecule has 0 spiro atoms. The molecule has 5 heteroatoms. The Morgan fingerprint density at radius 1 is 1.42 bits per heavy atom. The molecule has 0 atom stereocenters. The molecule has 1 aromatic carbocycles. The van der Waals surface area contributed by atoms with E-state index in [4.69, 9.17) is 4.84 Å². The first-order chi connectivity index (χ1) is 9.09. The summed E-state index contributed by atoms with van der Waals surface area (Å²) in [5, 5.41) is 10.2. The molecule has 0 bridgehead atoms. The Labute approximate surface area is 116 Å². The number of benzene rings is 1. The average Bonchev–Trinajstić information content (AvgIpc) is 2.73. The summed E-state index contributed by atoms with van der Waals surface area (Å²) in [7, 11) is 0. The Hall–Kier alpha value is -1.43. The van der Waals surface area contributed by atoms with Crippen LogP contribution in [-0.2, 0) is 11.4 Å². The van der Waals surface area contributed by atoms with E-state index in [0.717, 1.165) is 15.6 Å². The first-order valence-corrected chi connectivity index (χ1v) is 6.99. The lowest BCUT2D eigenvalue weighted by atomic mass is 10.1. The zero-order valence-corrected chi connectivity index (χ0v) is 11.8. The van der Waals surface area contributed by atoms with Crippen molar-refractivity contribution in [1.82, 2.24) is 5.48 Å². The molecule has 0 saturated heterocycles. The fourth-order valence-electron chi connectivity index (χ4n) is 1.80. The lowest BCUT2D eigenvalue weighted by molar-refractivity contribution is 0.0197. The molecule has 1 heterocycles. The zero-order chi connectivity index (χ0) is 13.8. The number of hydrogen-bond donors (Lipinski definition) is 2. The molecular weight excluding hydrogens is 262 g/mol. The second kappa shape index (κ2) is 6.14. The van der Waals surface area contributed by atoms with Crippen LogP contribution in [0.15, 0.2) is 24.3 Å². The summed E-state index contributed by atoms with van der Waals surface area (Å²) in [4.78, 5) is 17.0. The van der Waals surface area contributed by atoms with Gasteiger partial charge in [-0.15, -0.1) is 11.3 Å². The third kappa shape index (κ3) is 3.32. The van der Waals surface area contributed by atoms with Crippen molar-refractivity contribution in [3.63, 3.8) is 0 Å². The highest BCUT2D eigenvalue weighted by molar-refractivity contribution is 7.21. The topological polar surface area (TPSA) is 58.6 Å². The van der Waals surface area contributed by atoms with Gasteiger partial charge in [0.05, 0.1) is 6.61 Å². The molecular formula is C14H17NO3S. The van der Waals surface area contributed by atoms with E-state index in [1.165, 1.54) is 11.3 Å². The van der Waals surface area contributed by atoms with Gasteiger partial charge in [-0.2, -0.15) is 5.48 Å². The first kappa shape index (κ1) is 14.0. The number of aromatic carboxylic acids is 1. The van der Waals surface area contributed by atoms with Gasteiger partial charge in [0.15, 0.2) is 0 Å². The van der Waals surface area contributed by atoms with Crippen molar-refractivity contribution < 1.29 is 14.7 Å². The monoisotopic (exact) mass is 279 g/mol. The lowest BCUT2D eigenvalue weighted by Crippen LogP contribution is -2.18. The minimum atomic E-state index is -0.887. The highest BCUT2D eigenvalue weighted by atomic mass is 32.1. The largest absolute Gasteiger partial charge is 0.477 e. The van der Waals surface area contributed by atoms with Crippen molar-refractivity contribution in [2.24, 2.45) is 5.92 Å². The predicted molar refractivity (Wildman–Crippen MR) is 76.4 cm³/mol. The van der Waals surface area contributed by atoms with Crippen molar-refractivity contribution in [1.29, 1.82) is 0 Å². The molecule has 1 aromatic heterocycles. The molecule has 0 saturated carbocycles. The van der Waals surface area contributed by atoms with E-state index in [-0.39, 0.29) is 0 Å². The number of fused-ring (bicyclic) bond motifs is 1. The highest BCUT2D eigenvalue weighted by Gasteiger charge is 2.17.